The molecule has 0 aliphatic carbocycles. The van der Waals surface area contributed by atoms with Gasteiger partial charge in [-0.15, -0.1) is 0 Å². The lowest BCUT2D eigenvalue weighted by atomic mass is 10.1. The SMILES string of the molecule is Cc1ccc(-c2ncc[nH]2)cc1NC(=O)c1ccc(OCc2ncccc2Br)cc1. The molecule has 2 heterocycles. The van der Waals surface area contributed by atoms with Crippen LogP contribution >= 0.6 is 15.9 Å². The first-order chi connectivity index (χ1) is 14.6. The van der Waals surface area contributed by atoms with Crippen LogP contribution in [0.15, 0.2) is 77.7 Å². The van der Waals surface area contributed by atoms with Crippen molar-refractivity contribution >= 4 is 27.5 Å². The summed E-state index contributed by atoms with van der Waals surface area (Å²) in [5.74, 6) is 1.24. The van der Waals surface area contributed by atoms with E-state index >= 15 is 0 Å². The van der Waals surface area contributed by atoms with Crippen LogP contribution in [0.1, 0.15) is 21.6 Å². The number of carbonyl (C=O) groups excluding carboxylic acids is 1. The van der Waals surface area contributed by atoms with Gasteiger partial charge in [-0.2, -0.15) is 0 Å². The molecular weight excluding hydrogens is 444 g/mol. The third-order valence-corrected chi connectivity index (χ3v) is 5.31. The summed E-state index contributed by atoms with van der Waals surface area (Å²) in [5.41, 5.74) is 3.98. The number of hydrogen-bond acceptors (Lipinski definition) is 4. The van der Waals surface area contributed by atoms with Crippen molar-refractivity contribution in [2.24, 2.45) is 0 Å². The molecule has 150 valence electrons. The summed E-state index contributed by atoms with van der Waals surface area (Å²) in [6, 6.07) is 16.6. The number of aryl methyl sites for hydroxylation is 1. The molecule has 0 unspecified atom stereocenters. The monoisotopic (exact) mass is 462 g/mol. The molecule has 1 amide bonds. The quantitative estimate of drug-likeness (QED) is 0.403. The first kappa shape index (κ1) is 19.8. The van der Waals surface area contributed by atoms with Crippen molar-refractivity contribution in [3.63, 3.8) is 0 Å². The average molecular weight is 463 g/mol. The van der Waals surface area contributed by atoms with Crippen LogP contribution in [0.3, 0.4) is 0 Å². The molecule has 0 saturated carbocycles. The zero-order valence-electron chi connectivity index (χ0n) is 16.2. The number of anilines is 1. The van der Waals surface area contributed by atoms with Crippen molar-refractivity contribution in [1.82, 2.24) is 15.0 Å². The van der Waals surface area contributed by atoms with Gasteiger partial charge in [0.25, 0.3) is 5.91 Å². The summed E-state index contributed by atoms with van der Waals surface area (Å²) < 4.78 is 6.66. The van der Waals surface area contributed by atoms with E-state index in [9.17, 15) is 4.79 Å². The van der Waals surface area contributed by atoms with E-state index in [1.165, 1.54) is 0 Å². The minimum Gasteiger partial charge on any atom is -0.487 e. The van der Waals surface area contributed by atoms with Gasteiger partial charge in [-0.1, -0.05) is 12.1 Å². The number of nitrogens with one attached hydrogen (secondary N) is 2. The number of benzene rings is 2. The van der Waals surface area contributed by atoms with E-state index in [2.05, 4.69) is 36.2 Å². The summed E-state index contributed by atoms with van der Waals surface area (Å²) in [6.45, 7) is 2.29. The molecule has 0 spiro atoms. The number of hydrogen-bond donors (Lipinski definition) is 2. The Morgan fingerprint density at radius 1 is 1.10 bits per heavy atom. The average Bonchev–Trinajstić information content (AvgIpc) is 3.30. The minimum atomic E-state index is -0.186. The number of pyridine rings is 1. The van der Waals surface area contributed by atoms with Crippen LogP contribution in [0, 0.1) is 6.92 Å². The van der Waals surface area contributed by atoms with E-state index in [1.54, 1.807) is 42.9 Å². The van der Waals surface area contributed by atoms with E-state index in [-0.39, 0.29) is 5.91 Å². The topological polar surface area (TPSA) is 79.9 Å². The fraction of sp³-hybridized carbons (Fsp3) is 0.0870. The normalized spacial score (nSPS) is 10.6. The molecule has 2 N–H and O–H groups in total. The van der Waals surface area contributed by atoms with Crippen LogP contribution in [0.4, 0.5) is 5.69 Å². The fourth-order valence-corrected chi connectivity index (χ4v) is 3.27. The number of nitrogens with zero attached hydrogens (tertiary/aromatic N) is 2. The molecule has 2 aromatic heterocycles. The Morgan fingerprint density at radius 2 is 1.93 bits per heavy atom. The van der Waals surface area contributed by atoms with Crippen molar-refractivity contribution in [3.8, 4) is 17.1 Å². The molecule has 2 aromatic carbocycles. The van der Waals surface area contributed by atoms with Crippen molar-refractivity contribution in [3.05, 3.63) is 94.5 Å². The number of ether oxygens (including phenoxy) is 1. The van der Waals surface area contributed by atoms with Crippen molar-refractivity contribution in [1.29, 1.82) is 0 Å². The predicted octanol–water partition coefficient (Wildman–Crippen LogP) is 5.37. The second kappa shape index (κ2) is 8.92. The summed E-state index contributed by atoms with van der Waals surface area (Å²) in [4.78, 5) is 24.3. The van der Waals surface area contributed by atoms with Crippen LogP contribution in [-0.4, -0.2) is 20.9 Å². The number of aromatic amines is 1. The van der Waals surface area contributed by atoms with Crippen molar-refractivity contribution in [2.45, 2.75) is 13.5 Å². The molecule has 6 nitrogen and oxygen atoms in total. The summed E-state index contributed by atoms with van der Waals surface area (Å²) in [7, 11) is 0. The second-order valence-electron chi connectivity index (χ2n) is 6.67. The van der Waals surface area contributed by atoms with Gasteiger partial charge in [-0.3, -0.25) is 9.78 Å². The molecule has 30 heavy (non-hydrogen) atoms. The molecule has 0 radical (unpaired) electrons. The minimum absolute atomic E-state index is 0.186. The van der Waals surface area contributed by atoms with E-state index in [4.69, 9.17) is 4.74 Å². The lowest BCUT2D eigenvalue weighted by Crippen LogP contribution is -2.12. The Morgan fingerprint density at radius 3 is 2.67 bits per heavy atom. The van der Waals surface area contributed by atoms with E-state index in [0.29, 0.717) is 17.9 Å². The highest BCUT2D eigenvalue weighted by Crippen LogP contribution is 2.24. The number of halogens is 1. The van der Waals surface area contributed by atoms with E-state index in [1.807, 2.05) is 37.3 Å². The highest BCUT2D eigenvalue weighted by molar-refractivity contribution is 9.10. The summed E-state index contributed by atoms with van der Waals surface area (Å²) >= 11 is 3.45. The van der Waals surface area contributed by atoms with E-state index < -0.39 is 0 Å². The van der Waals surface area contributed by atoms with Gasteiger partial charge in [0.05, 0.1) is 5.69 Å². The van der Waals surface area contributed by atoms with Gasteiger partial charge in [-0.25, -0.2) is 4.98 Å². The lowest BCUT2D eigenvalue weighted by molar-refractivity contribution is 0.102. The van der Waals surface area contributed by atoms with Gasteiger partial charge < -0.3 is 15.0 Å². The third kappa shape index (κ3) is 4.58. The van der Waals surface area contributed by atoms with E-state index in [0.717, 1.165) is 32.8 Å². The Balaban J connectivity index is 1.43. The van der Waals surface area contributed by atoms with Gasteiger partial charge in [0.1, 0.15) is 18.2 Å². The van der Waals surface area contributed by atoms with Crippen LogP contribution in [0.25, 0.3) is 11.4 Å². The second-order valence-corrected chi connectivity index (χ2v) is 7.52. The lowest BCUT2D eigenvalue weighted by Gasteiger charge is -2.11. The van der Waals surface area contributed by atoms with Crippen LogP contribution in [-0.2, 0) is 6.61 Å². The van der Waals surface area contributed by atoms with Crippen molar-refractivity contribution in [2.75, 3.05) is 5.32 Å². The number of amides is 1. The fourth-order valence-electron chi connectivity index (χ4n) is 2.90. The molecule has 0 saturated heterocycles. The molecule has 7 heteroatoms. The van der Waals surface area contributed by atoms with Gasteiger partial charge >= 0.3 is 0 Å². The maximum absolute atomic E-state index is 12.7. The molecular formula is C23H19BrN4O2. The zero-order chi connectivity index (χ0) is 20.9. The molecule has 0 bridgehead atoms. The first-order valence-corrected chi connectivity index (χ1v) is 10.1. The van der Waals surface area contributed by atoms with Crippen LogP contribution in [0.5, 0.6) is 5.75 Å². The smallest absolute Gasteiger partial charge is 0.255 e. The maximum atomic E-state index is 12.7. The standard InChI is InChI=1S/C23H19BrN4O2/c1-15-4-5-17(22-26-11-12-27-22)13-20(15)28-23(29)16-6-8-18(9-7-16)30-14-21-19(24)3-2-10-25-21/h2-13H,14H2,1H3,(H,26,27)(H,28,29). The Hall–Kier alpha value is -3.45. The van der Waals surface area contributed by atoms with Crippen molar-refractivity contribution < 1.29 is 9.53 Å². The maximum Gasteiger partial charge on any atom is 0.255 e. The van der Waals surface area contributed by atoms with Gasteiger partial charge in [0.15, 0.2) is 0 Å². The number of imidazole rings is 1. The van der Waals surface area contributed by atoms with Crippen LogP contribution in [0.2, 0.25) is 0 Å². The summed E-state index contributed by atoms with van der Waals surface area (Å²) in [5, 5.41) is 2.98. The number of carbonyl (C=O) groups is 1. The molecule has 4 rings (SSSR count). The predicted molar refractivity (Wildman–Crippen MR) is 119 cm³/mol. The zero-order valence-corrected chi connectivity index (χ0v) is 17.8. The first-order valence-electron chi connectivity index (χ1n) is 9.34. The molecule has 0 atom stereocenters. The molecule has 0 fully saturated rings. The number of rotatable bonds is 6. The Bertz CT molecular complexity index is 1160. The highest BCUT2D eigenvalue weighted by Gasteiger charge is 2.10. The Kier molecular flexibility index (Phi) is 5.90. The van der Waals surface area contributed by atoms with Gasteiger partial charge in [-0.05, 0) is 70.9 Å². The molecule has 0 aliphatic rings. The third-order valence-electron chi connectivity index (χ3n) is 4.58. The summed E-state index contributed by atoms with van der Waals surface area (Å²) in [6.07, 6.45) is 5.19. The number of aromatic nitrogens is 3. The van der Waals surface area contributed by atoms with Crippen LogP contribution < -0.4 is 10.1 Å². The van der Waals surface area contributed by atoms with Gasteiger partial charge in [0, 0.05) is 39.9 Å². The molecule has 0 aliphatic heterocycles. The van der Waals surface area contributed by atoms with Gasteiger partial charge in [0.2, 0.25) is 0 Å². The largest absolute Gasteiger partial charge is 0.487 e. The highest BCUT2D eigenvalue weighted by atomic mass is 79.9. The Labute approximate surface area is 182 Å². The molecule has 4 aromatic rings. The number of H-pyrrole nitrogens is 1.